The summed E-state index contributed by atoms with van der Waals surface area (Å²) in [5.74, 6) is -2.48. The zero-order chi connectivity index (χ0) is 19.9. The van der Waals surface area contributed by atoms with E-state index in [1.807, 2.05) is 0 Å². The number of aliphatic carboxylic acids is 1. The number of hydrogen-bond acceptors (Lipinski definition) is 6. The number of rotatable bonds is 4. The fourth-order valence-electron chi connectivity index (χ4n) is 3.81. The summed E-state index contributed by atoms with van der Waals surface area (Å²) in [4.78, 5) is 23.9. The predicted octanol–water partition coefficient (Wildman–Crippen LogP) is 2.59. The summed E-state index contributed by atoms with van der Waals surface area (Å²) in [6.45, 7) is 1.44. The van der Waals surface area contributed by atoms with Crippen molar-refractivity contribution in [2.45, 2.75) is 24.9 Å². The maximum absolute atomic E-state index is 12.7. The number of carbonyl (C=O) groups is 2. The van der Waals surface area contributed by atoms with Crippen molar-refractivity contribution in [1.29, 1.82) is 0 Å². The fourth-order valence-corrected chi connectivity index (χ4v) is 3.81. The molecule has 0 spiro atoms. The van der Waals surface area contributed by atoms with Crippen LogP contribution in [0.4, 0.5) is 0 Å². The number of phenolic OH excluding ortho intramolecular Hbond substituents is 1. The molecule has 0 unspecified atom stereocenters. The van der Waals surface area contributed by atoms with E-state index < -0.39 is 23.3 Å². The van der Waals surface area contributed by atoms with Crippen LogP contribution < -0.4 is 4.74 Å². The lowest BCUT2D eigenvalue weighted by Crippen LogP contribution is -2.41. The molecule has 2 aromatic rings. The number of Topliss-reactive ketones (excluding diaryl/α,β-unsaturated/α-hetero) is 1. The van der Waals surface area contributed by atoms with Crippen molar-refractivity contribution < 1.29 is 34.4 Å². The van der Waals surface area contributed by atoms with E-state index in [-0.39, 0.29) is 23.5 Å². The molecule has 1 aliphatic carbocycles. The van der Waals surface area contributed by atoms with Crippen LogP contribution in [0, 0.1) is 0 Å². The summed E-state index contributed by atoms with van der Waals surface area (Å²) in [5.41, 5.74) is -1.24. The van der Waals surface area contributed by atoms with Crippen LogP contribution in [0.3, 0.4) is 0 Å². The Morgan fingerprint density at radius 1 is 1.33 bits per heavy atom. The van der Waals surface area contributed by atoms with Gasteiger partial charge in [0, 0.05) is 6.42 Å². The first-order valence-electron chi connectivity index (χ1n) is 8.28. The fraction of sp³-hybridized carbons (Fsp3) is 0.300. The van der Waals surface area contributed by atoms with Crippen molar-refractivity contribution in [1.82, 2.24) is 0 Å². The minimum atomic E-state index is -1.58. The van der Waals surface area contributed by atoms with Crippen molar-refractivity contribution >= 4 is 22.5 Å². The second-order valence-electron chi connectivity index (χ2n) is 6.73. The number of carbonyl (C=O) groups excluding carboxylic acids is 1. The molecule has 3 rings (SSSR count). The number of hydrogen-bond donors (Lipinski definition) is 3. The zero-order valence-electron chi connectivity index (χ0n) is 15.1. The molecule has 3 N–H and O–H groups in total. The molecule has 0 aliphatic heterocycles. The third-order valence-corrected chi connectivity index (χ3v) is 4.87. The summed E-state index contributed by atoms with van der Waals surface area (Å²) in [7, 11) is 2.76. The van der Waals surface area contributed by atoms with Gasteiger partial charge in [-0.15, -0.1) is 0 Å². The number of fused-ring (bicyclic) bond motifs is 2. The van der Waals surface area contributed by atoms with Gasteiger partial charge in [0.25, 0.3) is 0 Å². The Morgan fingerprint density at radius 2 is 2.04 bits per heavy atom. The molecule has 0 aromatic heterocycles. The SMILES string of the molecule is CO/C(=C/C(=O)O)[C@@H]1c2cc3cccc(OC)c3c(O)c2C(=O)C[C@]1(C)O. The van der Waals surface area contributed by atoms with Gasteiger partial charge >= 0.3 is 5.97 Å². The summed E-state index contributed by atoms with van der Waals surface area (Å²) < 4.78 is 10.5. The normalized spacial score (nSPS) is 22.4. The van der Waals surface area contributed by atoms with Gasteiger partial charge in [-0.25, -0.2) is 4.79 Å². The molecule has 0 heterocycles. The van der Waals surface area contributed by atoms with Crippen molar-refractivity contribution in [2.24, 2.45) is 0 Å². The van der Waals surface area contributed by atoms with E-state index >= 15 is 0 Å². The van der Waals surface area contributed by atoms with Crippen LogP contribution in [0.1, 0.15) is 35.2 Å². The molecule has 0 saturated heterocycles. The van der Waals surface area contributed by atoms with E-state index in [0.717, 1.165) is 6.08 Å². The van der Waals surface area contributed by atoms with Gasteiger partial charge in [-0.3, -0.25) is 4.79 Å². The molecule has 0 saturated carbocycles. The van der Waals surface area contributed by atoms with Crippen molar-refractivity contribution in [3.63, 3.8) is 0 Å². The minimum absolute atomic E-state index is 0.0112. The average Bonchev–Trinajstić information content (AvgIpc) is 2.58. The maximum Gasteiger partial charge on any atom is 0.331 e. The van der Waals surface area contributed by atoms with Gasteiger partial charge in [-0.1, -0.05) is 12.1 Å². The van der Waals surface area contributed by atoms with Crippen LogP contribution in [0.2, 0.25) is 0 Å². The van der Waals surface area contributed by atoms with Crippen molar-refractivity contribution in [3.8, 4) is 11.5 Å². The van der Waals surface area contributed by atoms with Gasteiger partial charge in [0.2, 0.25) is 0 Å². The van der Waals surface area contributed by atoms with Gasteiger partial charge in [0.1, 0.15) is 17.3 Å². The molecule has 142 valence electrons. The largest absolute Gasteiger partial charge is 0.506 e. The molecular formula is C20H20O7. The highest BCUT2D eigenvalue weighted by Crippen LogP contribution is 2.49. The third-order valence-electron chi connectivity index (χ3n) is 4.87. The summed E-state index contributed by atoms with van der Waals surface area (Å²) >= 11 is 0. The number of ketones is 1. The Kier molecular flexibility index (Phi) is 4.57. The molecular weight excluding hydrogens is 352 g/mol. The molecule has 7 heteroatoms. The van der Waals surface area contributed by atoms with Crippen LogP contribution in [0.25, 0.3) is 10.8 Å². The predicted molar refractivity (Wildman–Crippen MR) is 97.2 cm³/mol. The quantitative estimate of drug-likeness (QED) is 0.558. The highest BCUT2D eigenvalue weighted by Gasteiger charge is 2.46. The first kappa shape index (κ1) is 18.7. The Labute approximate surface area is 155 Å². The molecule has 2 aromatic carbocycles. The van der Waals surface area contributed by atoms with E-state index in [2.05, 4.69) is 0 Å². The van der Waals surface area contributed by atoms with E-state index in [1.54, 1.807) is 24.3 Å². The topological polar surface area (TPSA) is 113 Å². The smallest absolute Gasteiger partial charge is 0.331 e. The number of carboxylic acid groups (broad SMARTS) is 1. The first-order valence-corrected chi connectivity index (χ1v) is 8.28. The Bertz CT molecular complexity index is 972. The van der Waals surface area contributed by atoms with Crippen molar-refractivity contribution in [2.75, 3.05) is 14.2 Å². The van der Waals surface area contributed by atoms with Gasteiger partial charge in [-0.2, -0.15) is 0 Å². The van der Waals surface area contributed by atoms with Crippen LogP contribution in [0.5, 0.6) is 11.5 Å². The van der Waals surface area contributed by atoms with Gasteiger partial charge in [0.05, 0.1) is 42.8 Å². The minimum Gasteiger partial charge on any atom is -0.506 e. The molecule has 0 fully saturated rings. The van der Waals surface area contributed by atoms with Crippen molar-refractivity contribution in [3.05, 3.63) is 47.2 Å². The third kappa shape index (κ3) is 3.00. The molecule has 0 radical (unpaired) electrons. The molecule has 7 nitrogen and oxygen atoms in total. The lowest BCUT2D eigenvalue weighted by atomic mass is 9.70. The number of benzene rings is 2. The Balaban J connectivity index is 2.39. The molecule has 27 heavy (non-hydrogen) atoms. The number of aromatic hydroxyl groups is 1. The molecule has 0 bridgehead atoms. The number of aliphatic hydroxyl groups is 1. The van der Waals surface area contributed by atoms with Crippen LogP contribution in [-0.2, 0) is 9.53 Å². The molecule has 0 amide bonds. The van der Waals surface area contributed by atoms with Crippen LogP contribution in [0.15, 0.2) is 36.1 Å². The number of phenols is 1. The summed E-state index contributed by atoms with van der Waals surface area (Å²) in [5, 5.41) is 31.8. The van der Waals surface area contributed by atoms with Gasteiger partial charge in [-0.05, 0) is 30.0 Å². The van der Waals surface area contributed by atoms with Gasteiger partial charge in [0.15, 0.2) is 5.78 Å². The van der Waals surface area contributed by atoms with Crippen LogP contribution in [-0.4, -0.2) is 46.9 Å². The first-order chi connectivity index (χ1) is 12.7. The van der Waals surface area contributed by atoms with E-state index in [4.69, 9.17) is 14.6 Å². The molecule has 1 aliphatic rings. The number of ether oxygens (including phenoxy) is 2. The monoisotopic (exact) mass is 372 g/mol. The number of carboxylic acids is 1. The van der Waals surface area contributed by atoms with Crippen LogP contribution >= 0.6 is 0 Å². The lowest BCUT2D eigenvalue weighted by molar-refractivity contribution is -0.131. The lowest BCUT2D eigenvalue weighted by Gasteiger charge is -2.38. The summed E-state index contributed by atoms with van der Waals surface area (Å²) in [6, 6.07) is 6.78. The van der Waals surface area contributed by atoms with E-state index in [1.165, 1.54) is 21.1 Å². The second-order valence-corrected chi connectivity index (χ2v) is 6.73. The Morgan fingerprint density at radius 3 is 2.63 bits per heavy atom. The molecule has 2 atom stereocenters. The second kappa shape index (κ2) is 6.59. The average molecular weight is 372 g/mol. The standard InChI is InChI=1S/C20H20O7/c1-20(25)9-12(21)17-11(18(20)14(27-3)8-15(22)23)7-10-5-4-6-13(26-2)16(10)19(17)24/h4-8,18,24-25H,9H2,1-3H3,(H,22,23)/b14-8+/t18-,20-/m0/s1. The number of methoxy groups -OCH3 is 2. The summed E-state index contributed by atoms with van der Waals surface area (Å²) in [6.07, 6.45) is 0.560. The zero-order valence-corrected chi connectivity index (χ0v) is 15.1. The van der Waals surface area contributed by atoms with E-state index in [9.17, 15) is 19.8 Å². The van der Waals surface area contributed by atoms with Gasteiger partial charge < -0.3 is 24.8 Å². The maximum atomic E-state index is 12.7. The highest BCUT2D eigenvalue weighted by molar-refractivity contribution is 6.09. The Hall–Kier alpha value is -3.06. The highest BCUT2D eigenvalue weighted by atomic mass is 16.5. The van der Waals surface area contributed by atoms with E-state index in [0.29, 0.717) is 22.1 Å².